The Balaban J connectivity index is 1.90. The molecule has 0 spiro atoms. The van der Waals surface area contributed by atoms with Gasteiger partial charge in [0, 0.05) is 11.8 Å². The van der Waals surface area contributed by atoms with E-state index in [0.717, 1.165) is 18.6 Å². The molecule has 2 amide bonds. The van der Waals surface area contributed by atoms with E-state index >= 15 is 0 Å². The molecule has 1 aliphatic carbocycles. The molecule has 0 radical (unpaired) electrons. The summed E-state index contributed by atoms with van der Waals surface area (Å²) in [6, 6.07) is 6.79. The van der Waals surface area contributed by atoms with Crippen molar-refractivity contribution in [3.8, 4) is 5.75 Å². The average Bonchev–Trinajstić information content (AvgIpc) is 2.91. The van der Waals surface area contributed by atoms with E-state index in [1.807, 2.05) is 24.3 Å². The van der Waals surface area contributed by atoms with Crippen LogP contribution >= 0.6 is 0 Å². The number of hydrogen-bond donors (Lipinski definition) is 3. The zero-order valence-corrected chi connectivity index (χ0v) is 11.8. The highest BCUT2D eigenvalue weighted by Crippen LogP contribution is 2.25. The van der Waals surface area contributed by atoms with Crippen LogP contribution in [-0.2, 0) is 0 Å². The summed E-state index contributed by atoms with van der Waals surface area (Å²) in [6.07, 6.45) is 4.96. The Morgan fingerprint density at radius 3 is 2.90 bits per heavy atom. The van der Waals surface area contributed by atoms with Gasteiger partial charge in [0.1, 0.15) is 5.75 Å². The van der Waals surface area contributed by atoms with Gasteiger partial charge in [-0.3, -0.25) is 0 Å². The van der Waals surface area contributed by atoms with Gasteiger partial charge in [-0.2, -0.15) is 0 Å². The number of benzene rings is 1. The molecule has 0 aliphatic heterocycles. The molecule has 2 rings (SSSR count). The lowest BCUT2D eigenvalue weighted by molar-refractivity contribution is 0.210. The third kappa shape index (κ3) is 4.42. The van der Waals surface area contributed by atoms with Crippen molar-refractivity contribution in [3.63, 3.8) is 0 Å². The fraction of sp³-hybridized carbons (Fsp3) is 0.533. The number of aliphatic hydroxyl groups excluding tert-OH is 1. The van der Waals surface area contributed by atoms with Gasteiger partial charge in [0.05, 0.1) is 18.8 Å². The molecule has 0 saturated heterocycles. The number of anilines is 1. The second kappa shape index (κ2) is 7.14. The fourth-order valence-corrected chi connectivity index (χ4v) is 2.28. The van der Waals surface area contributed by atoms with Gasteiger partial charge in [-0.15, -0.1) is 0 Å². The number of carbonyl (C=O) groups is 1. The van der Waals surface area contributed by atoms with Gasteiger partial charge >= 0.3 is 6.03 Å². The summed E-state index contributed by atoms with van der Waals surface area (Å²) < 4.78 is 5.89. The molecular weight excluding hydrogens is 256 g/mol. The lowest BCUT2D eigenvalue weighted by Crippen LogP contribution is -2.38. The van der Waals surface area contributed by atoms with Crippen LogP contribution in [0.25, 0.3) is 0 Å². The van der Waals surface area contributed by atoms with E-state index in [1.165, 1.54) is 12.8 Å². The number of rotatable bonds is 5. The molecule has 0 bridgehead atoms. The SMILES string of the molecule is C[C@@H](CO)NC(=O)Nc1cccc(OC2CCCC2)c1. The van der Waals surface area contributed by atoms with Crippen molar-refractivity contribution >= 4 is 11.7 Å². The molecule has 1 atom stereocenters. The van der Waals surface area contributed by atoms with Gasteiger partial charge in [-0.1, -0.05) is 6.07 Å². The maximum Gasteiger partial charge on any atom is 0.319 e. The average molecular weight is 278 g/mol. The normalized spacial score (nSPS) is 16.7. The van der Waals surface area contributed by atoms with Crippen LogP contribution in [0.2, 0.25) is 0 Å². The Kier molecular flexibility index (Phi) is 5.24. The highest BCUT2D eigenvalue weighted by atomic mass is 16.5. The van der Waals surface area contributed by atoms with Gasteiger partial charge in [0.2, 0.25) is 0 Å². The Labute approximate surface area is 119 Å². The van der Waals surface area contributed by atoms with Crippen molar-refractivity contribution < 1.29 is 14.6 Å². The van der Waals surface area contributed by atoms with E-state index in [-0.39, 0.29) is 18.7 Å². The Bertz CT molecular complexity index is 444. The predicted octanol–water partition coefficient (Wildman–Crippen LogP) is 2.51. The minimum absolute atomic E-state index is 0.0851. The lowest BCUT2D eigenvalue weighted by Gasteiger charge is -2.15. The summed E-state index contributed by atoms with van der Waals surface area (Å²) in [5, 5.41) is 14.3. The Hall–Kier alpha value is -1.75. The Morgan fingerprint density at radius 1 is 1.45 bits per heavy atom. The number of amides is 2. The summed E-state index contributed by atoms with van der Waals surface area (Å²) in [5.74, 6) is 0.782. The molecule has 1 fully saturated rings. The van der Waals surface area contributed by atoms with Gasteiger partial charge in [-0.25, -0.2) is 4.79 Å². The number of ether oxygens (including phenoxy) is 1. The van der Waals surface area contributed by atoms with Crippen LogP contribution in [0.4, 0.5) is 10.5 Å². The van der Waals surface area contributed by atoms with Crippen LogP contribution in [0, 0.1) is 0 Å². The van der Waals surface area contributed by atoms with E-state index in [1.54, 1.807) is 6.92 Å². The van der Waals surface area contributed by atoms with Crippen molar-refractivity contribution in [2.24, 2.45) is 0 Å². The highest BCUT2D eigenvalue weighted by molar-refractivity contribution is 5.89. The minimum Gasteiger partial charge on any atom is -0.490 e. The van der Waals surface area contributed by atoms with E-state index in [2.05, 4.69) is 10.6 Å². The van der Waals surface area contributed by atoms with E-state index in [9.17, 15) is 4.79 Å². The van der Waals surface area contributed by atoms with Crippen LogP contribution < -0.4 is 15.4 Å². The lowest BCUT2D eigenvalue weighted by atomic mass is 10.2. The third-order valence-electron chi connectivity index (χ3n) is 3.35. The standard InChI is InChI=1S/C15H22N2O3/c1-11(10-18)16-15(19)17-12-5-4-8-14(9-12)20-13-6-2-3-7-13/h4-5,8-9,11,13,18H,2-3,6-7,10H2,1H3,(H2,16,17,19)/t11-/m0/s1. The summed E-state index contributed by atoms with van der Waals surface area (Å²) in [7, 11) is 0. The topological polar surface area (TPSA) is 70.6 Å². The monoisotopic (exact) mass is 278 g/mol. The smallest absolute Gasteiger partial charge is 0.319 e. The van der Waals surface area contributed by atoms with Crippen LogP contribution in [0.15, 0.2) is 24.3 Å². The van der Waals surface area contributed by atoms with E-state index in [0.29, 0.717) is 11.8 Å². The maximum atomic E-state index is 11.7. The van der Waals surface area contributed by atoms with E-state index in [4.69, 9.17) is 9.84 Å². The second-order valence-corrected chi connectivity index (χ2v) is 5.23. The van der Waals surface area contributed by atoms with Crippen LogP contribution in [-0.4, -0.2) is 29.9 Å². The van der Waals surface area contributed by atoms with Gasteiger partial charge in [0.15, 0.2) is 0 Å². The zero-order chi connectivity index (χ0) is 14.4. The number of hydrogen-bond acceptors (Lipinski definition) is 3. The van der Waals surface area contributed by atoms with Crippen molar-refractivity contribution in [2.75, 3.05) is 11.9 Å². The molecule has 0 unspecified atom stereocenters. The van der Waals surface area contributed by atoms with E-state index < -0.39 is 0 Å². The number of urea groups is 1. The summed E-state index contributed by atoms with van der Waals surface area (Å²) in [6.45, 7) is 1.65. The van der Waals surface area contributed by atoms with Crippen molar-refractivity contribution in [2.45, 2.75) is 44.8 Å². The van der Waals surface area contributed by atoms with Crippen molar-refractivity contribution in [3.05, 3.63) is 24.3 Å². The highest BCUT2D eigenvalue weighted by Gasteiger charge is 2.16. The first-order valence-electron chi connectivity index (χ1n) is 7.12. The molecule has 3 N–H and O–H groups in total. The molecule has 1 aliphatic rings. The molecule has 0 heterocycles. The Morgan fingerprint density at radius 2 is 2.20 bits per heavy atom. The summed E-state index contributed by atoms with van der Waals surface area (Å²) in [4.78, 5) is 11.7. The molecule has 5 heteroatoms. The fourth-order valence-electron chi connectivity index (χ4n) is 2.28. The number of aliphatic hydroxyl groups is 1. The van der Waals surface area contributed by atoms with Gasteiger partial charge in [-0.05, 0) is 44.7 Å². The van der Waals surface area contributed by atoms with Gasteiger partial charge < -0.3 is 20.5 Å². The number of carbonyl (C=O) groups excluding carboxylic acids is 1. The maximum absolute atomic E-state index is 11.7. The second-order valence-electron chi connectivity index (χ2n) is 5.23. The summed E-state index contributed by atoms with van der Waals surface area (Å²) >= 11 is 0. The first-order chi connectivity index (χ1) is 9.67. The molecular formula is C15H22N2O3. The van der Waals surface area contributed by atoms with Crippen molar-refractivity contribution in [1.82, 2.24) is 5.32 Å². The first-order valence-corrected chi connectivity index (χ1v) is 7.12. The molecule has 20 heavy (non-hydrogen) atoms. The largest absolute Gasteiger partial charge is 0.490 e. The third-order valence-corrected chi connectivity index (χ3v) is 3.35. The quantitative estimate of drug-likeness (QED) is 0.775. The first kappa shape index (κ1) is 14.7. The summed E-state index contributed by atoms with van der Waals surface area (Å²) in [5.41, 5.74) is 0.683. The van der Waals surface area contributed by atoms with Gasteiger partial charge in [0.25, 0.3) is 0 Å². The minimum atomic E-state index is -0.329. The van der Waals surface area contributed by atoms with Crippen LogP contribution in [0.5, 0.6) is 5.75 Å². The molecule has 0 aromatic heterocycles. The molecule has 1 aromatic rings. The molecule has 110 valence electrons. The zero-order valence-electron chi connectivity index (χ0n) is 11.8. The predicted molar refractivity (Wildman–Crippen MR) is 78.0 cm³/mol. The van der Waals surface area contributed by atoms with Crippen molar-refractivity contribution in [1.29, 1.82) is 0 Å². The van der Waals surface area contributed by atoms with Crippen LogP contribution in [0.3, 0.4) is 0 Å². The molecule has 5 nitrogen and oxygen atoms in total. The molecule has 1 aromatic carbocycles. The number of nitrogens with one attached hydrogen (secondary N) is 2. The van der Waals surface area contributed by atoms with Crippen LogP contribution in [0.1, 0.15) is 32.6 Å². The molecule has 1 saturated carbocycles.